The zero-order valence-corrected chi connectivity index (χ0v) is 18.4. The SMILES string of the molecule is CCc1c(Nc2cc(-n3nc(C)c(C(=O)[O-])c3C(F)F)ncn2)nn(C)c1-c1ccc(F)cc1. The second-order valence-corrected chi connectivity index (χ2v) is 7.39. The molecular formula is C22H19F3N7O2-. The number of nitrogens with zero attached hydrogens (tertiary/aromatic N) is 6. The number of carbonyl (C=O) groups is 1. The van der Waals surface area contributed by atoms with E-state index in [2.05, 4.69) is 25.5 Å². The van der Waals surface area contributed by atoms with E-state index in [-0.39, 0.29) is 23.1 Å². The molecule has 0 aliphatic heterocycles. The maximum atomic E-state index is 13.7. The van der Waals surface area contributed by atoms with Crippen LogP contribution in [0.2, 0.25) is 0 Å². The van der Waals surface area contributed by atoms with Crippen molar-refractivity contribution >= 4 is 17.6 Å². The van der Waals surface area contributed by atoms with Crippen LogP contribution in [-0.2, 0) is 13.5 Å². The number of carboxylic acids is 1. The van der Waals surface area contributed by atoms with Crippen LogP contribution in [0.25, 0.3) is 17.1 Å². The van der Waals surface area contributed by atoms with Gasteiger partial charge >= 0.3 is 0 Å². The van der Waals surface area contributed by atoms with Crippen molar-refractivity contribution in [1.29, 1.82) is 0 Å². The molecule has 9 nitrogen and oxygen atoms in total. The maximum absolute atomic E-state index is 13.7. The smallest absolute Gasteiger partial charge is 0.281 e. The van der Waals surface area contributed by atoms with Crippen LogP contribution >= 0.6 is 0 Å². The van der Waals surface area contributed by atoms with Crippen molar-refractivity contribution in [2.45, 2.75) is 26.7 Å². The minimum atomic E-state index is -3.12. The third kappa shape index (κ3) is 4.09. The lowest BCUT2D eigenvalue weighted by Gasteiger charge is -2.10. The Balaban J connectivity index is 1.74. The summed E-state index contributed by atoms with van der Waals surface area (Å²) in [5.74, 6) is -1.46. The molecule has 1 aromatic carbocycles. The summed E-state index contributed by atoms with van der Waals surface area (Å²) < 4.78 is 43.1. The molecule has 34 heavy (non-hydrogen) atoms. The Bertz CT molecular complexity index is 1360. The van der Waals surface area contributed by atoms with E-state index in [1.54, 1.807) is 23.9 Å². The van der Waals surface area contributed by atoms with Gasteiger partial charge in [-0.25, -0.2) is 27.8 Å². The van der Waals surface area contributed by atoms with Crippen molar-refractivity contribution in [2.24, 2.45) is 7.05 Å². The quantitative estimate of drug-likeness (QED) is 0.441. The van der Waals surface area contributed by atoms with Gasteiger partial charge in [-0.05, 0) is 37.6 Å². The van der Waals surface area contributed by atoms with Crippen molar-refractivity contribution in [1.82, 2.24) is 29.5 Å². The lowest BCUT2D eigenvalue weighted by molar-refractivity contribution is -0.255. The topological polar surface area (TPSA) is 114 Å². The summed E-state index contributed by atoms with van der Waals surface area (Å²) >= 11 is 0. The summed E-state index contributed by atoms with van der Waals surface area (Å²) in [6.07, 6.45) is -1.40. The van der Waals surface area contributed by atoms with Gasteiger partial charge in [-0.1, -0.05) is 6.92 Å². The van der Waals surface area contributed by atoms with Crippen molar-refractivity contribution < 1.29 is 23.1 Å². The fourth-order valence-electron chi connectivity index (χ4n) is 3.80. The number of rotatable bonds is 7. The average molecular weight is 470 g/mol. The normalized spacial score (nSPS) is 11.3. The molecule has 3 heterocycles. The average Bonchev–Trinajstić information content (AvgIpc) is 3.31. The van der Waals surface area contributed by atoms with Crippen molar-refractivity contribution in [3.05, 3.63) is 65.0 Å². The molecule has 4 aromatic rings. The monoisotopic (exact) mass is 470 g/mol. The van der Waals surface area contributed by atoms with Crippen molar-refractivity contribution in [3.8, 4) is 17.1 Å². The standard InChI is InChI=1S/C22H20F3N7O2/c1-4-14-18(12-5-7-13(23)8-6-12)31(3)30-21(14)28-15-9-16(27-10-26-15)32-19(20(24)25)17(22(33)34)11(2)29-32/h5-10,20H,4H2,1-3H3,(H,33,34)(H,26,27,28,30)/p-1. The van der Waals surface area contributed by atoms with Gasteiger partial charge in [0.25, 0.3) is 6.43 Å². The van der Waals surface area contributed by atoms with E-state index in [9.17, 15) is 23.1 Å². The molecule has 1 N–H and O–H groups in total. The van der Waals surface area contributed by atoms with Gasteiger partial charge in [0.05, 0.1) is 17.4 Å². The fourth-order valence-corrected chi connectivity index (χ4v) is 3.80. The molecule has 0 radical (unpaired) electrons. The number of aryl methyl sites for hydroxylation is 2. The van der Waals surface area contributed by atoms with E-state index in [1.807, 2.05) is 6.92 Å². The van der Waals surface area contributed by atoms with Crippen LogP contribution < -0.4 is 10.4 Å². The Morgan fingerprint density at radius 1 is 1.18 bits per heavy atom. The first kappa shape index (κ1) is 23.0. The van der Waals surface area contributed by atoms with Crippen LogP contribution in [-0.4, -0.2) is 35.5 Å². The molecule has 176 valence electrons. The predicted octanol–water partition coefficient (Wildman–Crippen LogP) is 3.12. The van der Waals surface area contributed by atoms with Gasteiger partial charge in [0.2, 0.25) is 0 Å². The first-order valence-electron chi connectivity index (χ1n) is 10.2. The molecule has 0 aliphatic carbocycles. The molecule has 0 atom stereocenters. The van der Waals surface area contributed by atoms with Gasteiger partial charge in [-0.3, -0.25) is 4.68 Å². The molecule has 0 aliphatic rings. The highest BCUT2D eigenvalue weighted by Gasteiger charge is 2.25. The number of halogens is 3. The number of anilines is 2. The van der Waals surface area contributed by atoms with E-state index in [4.69, 9.17) is 0 Å². The highest BCUT2D eigenvalue weighted by Crippen LogP contribution is 2.32. The fraction of sp³-hybridized carbons (Fsp3) is 0.227. The number of benzene rings is 1. The van der Waals surface area contributed by atoms with Gasteiger partial charge in [0, 0.05) is 29.8 Å². The molecular weight excluding hydrogens is 451 g/mol. The third-order valence-corrected chi connectivity index (χ3v) is 5.24. The van der Waals surface area contributed by atoms with E-state index < -0.39 is 23.7 Å². The van der Waals surface area contributed by atoms with Crippen LogP contribution in [0.4, 0.5) is 24.8 Å². The van der Waals surface area contributed by atoms with Gasteiger partial charge in [0.15, 0.2) is 11.6 Å². The summed E-state index contributed by atoms with van der Waals surface area (Å²) in [5, 5.41) is 22.8. The second-order valence-electron chi connectivity index (χ2n) is 7.39. The first-order valence-corrected chi connectivity index (χ1v) is 10.2. The molecule has 0 spiro atoms. The Morgan fingerprint density at radius 3 is 2.50 bits per heavy atom. The lowest BCUT2D eigenvalue weighted by atomic mass is 10.1. The maximum Gasteiger partial charge on any atom is 0.281 e. The molecule has 3 aromatic heterocycles. The Morgan fingerprint density at radius 2 is 1.88 bits per heavy atom. The molecule has 0 bridgehead atoms. The van der Waals surface area contributed by atoms with E-state index >= 15 is 0 Å². The number of hydrogen-bond acceptors (Lipinski definition) is 7. The number of aromatic nitrogens is 6. The molecule has 0 saturated heterocycles. The Labute approximate surface area is 191 Å². The van der Waals surface area contributed by atoms with Crippen LogP contribution in [0.5, 0.6) is 0 Å². The van der Waals surface area contributed by atoms with Crippen LogP contribution in [0.1, 0.15) is 40.7 Å². The summed E-state index contributed by atoms with van der Waals surface area (Å²) in [5.41, 5.74) is 0.758. The zero-order valence-electron chi connectivity index (χ0n) is 18.4. The highest BCUT2D eigenvalue weighted by atomic mass is 19.3. The minimum Gasteiger partial charge on any atom is -0.545 e. The summed E-state index contributed by atoms with van der Waals surface area (Å²) in [6, 6.07) is 7.37. The molecule has 0 saturated carbocycles. The van der Waals surface area contributed by atoms with E-state index in [0.29, 0.717) is 12.2 Å². The van der Waals surface area contributed by atoms with Gasteiger partial charge in [0.1, 0.15) is 23.7 Å². The molecule has 0 unspecified atom stereocenters. The Kier molecular flexibility index (Phi) is 6.05. The van der Waals surface area contributed by atoms with Gasteiger partial charge in [-0.2, -0.15) is 10.2 Å². The molecule has 12 heteroatoms. The first-order chi connectivity index (χ1) is 16.2. The largest absolute Gasteiger partial charge is 0.545 e. The number of hydrogen-bond donors (Lipinski definition) is 1. The predicted molar refractivity (Wildman–Crippen MR) is 114 cm³/mol. The number of carboxylic acid groups (broad SMARTS) is 1. The third-order valence-electron chi connectivity index (χ3n) is 5.24. The lowest BCUT2D eigenvalue weighted by Crippen LogP contribution is -2.24. The molecule has 4 rings (SSSR count). The van der Waals surface area contributed by atoms with Crippen LogP contribution in [0.3, 0.4) is 0 Å². The summed E-state index contributed by atoms with van der Waals surface area (Å²) in [4.78, 5) is 19.5. The van der Waals surface area contributed by atoms with Crippen LogP contribution in [0.15, 0.2) is 36.7 Å². The summed E-state index contributed by atoms with van der Waals surface area (Å²) in [6.45, 7) is 3.23. The molecule has 0 fully saturated rings. The van der Waals surface area contributed by atoms with E-state index in [1.165, 1.54) is 25.1 Å². The number of carbonyl (C=O) groups excluding carboxylic acids is 1. The van der Waals surface area contributed by atoms with Gasteiger partial charge < -0.3 is 15.2 Å². The number of nitrogens with one attached hydrogen (secondary N) is 1. The zero-order chi connectivity index (χ0) is 24.6. The minimum absolute atomic E-state index is 0.0591. The number of aromatic carboxylic acids is 1. The Hall–Kier alpha value is -4.22. The van der Waals surface area contributed by atoms with Crippen molar-refractivity contribution in [2.75, 3.05) is 5.32 Å². The van der Waals surface area contributed by atoms with Crippen LogP contribution in [0, 0.1) is 12.7 Å². The van der Waals surface area contributed by atoms with Crippen molar-refractivity contribution in [3.63, 3.8) is 0 Å². The summed E-state index contributed by atoms with van der Waals surface area (Å²) in [7, 11) is 1.75. The second kappa shape index (κ2) is 8.96. The van der Waals surface area contributed by atoms with Gasteiger partial charge in [-0.15, -0.1) is 0 Å². The highest BCUT2D eigenvalue weighted by molar-refractivity contribution is 5.88. The van der Waals surface area contributed by atoms with E-state index in [0.717, 1.165) is 27.8 Å². The number of alkyl halides is 2. The molecule has 0 amide bonds.